The van der Waals surface area contributed by atoms with Gasteiger partial charge in [-0.1, -0.05) is 20.8 Å². The number of methoxy groups -OCH3 is 1. The predicted molar refractivity (Wildman–Crippen MR) is 67.3 cm³/mol. The van der Waals surface area contributed by atoms with Crippen LogP contribution in [0.3, 0.4) is 0 Å². The zero-order chi connectivity index (χ0) is 13.2. The van der Waals surface area contributed by atoms with Gasteiger partial charge in [0.1, 0.15) is 0 Å². The van der Waals surface area contributed by atoms with Crippen LogP contribution in [0.25, 0.3) is 0 Å². The van der Waals surface area contributed by atoms with Gasteiger partial charge in [0, 0.05) is 0 Å². The van der Waals surface area contributed by atoms with Crippen LogP contribution in [0.5, 0.6) is 5.75 Å². The van der Waals surface area contributed by atoms with Crippen LogP contribution in [0.1, 0.15) is 36.7 Å². The fraction of sp³-hybridized carbons (Fsp3) is 0.417. The molecule has 1 aromatic carbocycles. The Morgan fingerprint density at radius 2 is 1.94 bits per heavy atom. The normalized spacial score (nSPS) is 11.1. The summed E-state index contributed by atoms with van der Waals surface area (Å²) in [5, 5.41) is 2.20. The Kier molecular flexibility index (Phi) is 3.88. The Balaban J connectivity index is 3.57. The molecule has 0 N–H and O–H groups in total. The molecule has 17 heavy (non-hydrogen) atoms. The number of hydrogen-bond acceptors (Lipinski definition) is 4. The van der Waals surface area contributed by atoms with Crippen molar-refractivity contribution in [3.8, 4) is 5.75 Å². The second-order valence-corrected chi connectivity index (χ2v) is 5.03. The second-order valence-electron chi connectivity index (χ2n) is 4.69. The van der Waals surface area contributed by atoms with Crippen molar-refractivity contribution in [2.75, 3.05) is 7.11 Å². The SMILES string of the molecule is COc1c(N=O)cc(C(C)(C)C)cc1C(=O)Cl. The number of benzene rings is 1. The first-order chi connectivity index (χ1) is 7.81. The van der Waals surface area contributed by atoms with E-state index in [1.54, 1.807) is 12.1 Å². The number of carbonyl (C=O) groups excluding carboxylic acids is 1. The summed E-state index contributed by atoms with van der Waals surface area (Å²) in [6.07, 6.45) is 0. The zero-order valence-electron chi connectivity index (χ0n) is 10.2. The molecular weight excluding hydrogens is 242 g/mol. The third kappa shape index (κ3) is 2.82. The van der Waals surface area contributed by atoms with Gasteiger partial charge in [0.15, 0.2) is 11.4 Å². The minimum absolute atomic E-state index is 0.0870. The molecule has 0 aliphatic heterocycles. The third-order valence-electron chi connectivity index (χ3n) is 2.45. The minimum atomic E-state index is -0.669. The van der Waals surface area contributed by atoms with Crippen LogP contribution in [0.15, 0.2) is 17.3 Å². The average Bonchev–Trinajstić information content (AvgIpc) is 2.25. The molecule has 0 aliphatic carbocycles. The lowest BCUT2D eigenvalue weighted by Crippen LogP contribution is -2.12. The van der Waals surface area contributed by atoms with Crippen LogP contribution in [0.2, 0.25) is 0 Å². The number of nitroso groups, excluding NO2 is 1. The third-order valence-corrected chi connectivity index (χ3v) is 2.65. The molecule has 0 saturated carbocycles. The Morgan fingerprint density at radius 1 is 1.35 bits per heavy atom. The van der Waals surface area contributed by atoms with E-state index in [9.17, 15) is 9.70 Å². The van der Waals surface area contributed by atoms with Crippen LogP contribution < -0.4 is 4.74 Å². The van der Waals surface area contributed by atoms with Gasteiger partial charge in [0.2, 0.25) is 0 Å². The first kappa shape index (κ1) is 13.6. The fourth-order valence-electron chi connectivity index (χ4n) is 1.47. The Hall–Kier alpha value is -1.42. The largest absolute Gasteiger partial charge is 0.494 e. The zero-order valence-corrected chi connectivity index (χ0v) is 11.0. The number of ether oxygens (including phenoxy) is 1. The van der Waals surface area contributed by atoms with E-state index >= 15 is 0 Å². The highest BCUT2D eigenvalue weighted by atomic mass is 35.5. The number of halogens is 1. The Labute approximate surface area is 105 Å². The van der Waals surface area contributed by atoms with Gasteiger partial charge in [-0.15, -0.1) is 4.91 Å². The van der Waals surface area contributed by atoms with Crippen LogP contribution >= 0.6 is 11.6 Å². The molecule has 1 rings (SSSR count). The summed E-state index contributed by atoms with van der Waals surface area (Å²) in [4.78, 5) is 22.1. The smallest absolute Gasteiger partial charge is 0.256 e. The molecule has 0 amide bonds. The summed E-state index contributed by atoms with van der Waals surface area (Å²) < 4.78 is 5.00. The molecule has 92 valence electrons. The number of hydrogen-bond donors (Lipinski definition) is 0. The van der Waals surface area contributed by atoms with Crippen LogP contribution in [0.4, 0.5) is 5.69 Å². The molecule has 0 radical (unpaired) electrons. The second kappa shape index (κ2) is 4.84. The van der Waals surface area contributed by atoms with Gasteiger partial charge in [-0.2, -0.15) is 0 Å². The summed E-state index contributed by atoms with van der Waals surface area (Å²) in [6.45, 7) is 5.89. The van der Waals surface area contributed by atoms with Crippen LogP contribution in [-0.4, -0.2) is 12.4 Å². The van der Waals surface area contributed by atoms with Gasteiger partial charge < -0.3 is 4.74 Å². The van der Waals surface area contributed by atoms with Crippen molar-refractivity contribution in [2.24, 2.45) is 5.18 Å². The van der Waals surface area contributed by atoms with Crippen molar-refractivity contribution in [1.82, 2.24) is 0 Å². The van der Waals surface area contributed by atoms with Gasteiger partial charge in [0.05, 0.1) is 12.7 Å². The molecule has 0 saturated heterocycles. The van der Waals surface area contributed by atoms with Gasteiger partial charge >= 0.3 is 0 Å². The summed E-state index contributed by atoms with van der Waals surface area (Å²) in [7, 11) is 1.37. The van der Waals surface area contributed by atoms with E-state index in [-0.39, 0.29) is 22.4 Å². The van der Waals surface area contributed by atoms with Crippen molar-refractivity contribution in [3.05, 3.63) is 28.2 Å². The summed E-state index contributed by atoms with van der Waals surface area (Å²) in [6, 6.07) is 3.23. The highest BCUT2D eigenvalue weighted by Crippen LogP contribution is 2.37. The van der Waals surface area contributed by atoms with Gasteiger partial charge in [-0.05, 0) is 39.9 Å². The van der Waals surface area contributed by atoms with Crippen molar-refractivity contribution in [2.45, 2.75) is 26.2 Å². The van der Waals surface area contributed by atoms with Gasteiger partial charge in [0.25, 0.3) is 5.24 Å². The number of carbonyl (C=O) groups is 1. The lowest BCUT2D eigenvalue weighted by atomic mass is 9.85. The Bertz CT molecular complexity index is 464. The molecule has 4 nitrogen and oxygen atoms in total. The highest BCUT2D eigenvalue weighted by Gasteiger charge is 2.22. The molecule has 0 heterocycles. The number of nitrogens with zero attached hydrogens (tertiary/aromatic N) is 1. The average molecular weight is 256 g/mol. The van der Waals surface area contributed by atoms with E-state index < -0.39 is 5.24 Å². The molecule has 1 aromatic rings. The van der Waals surface area contributed by atoms with Crippen molar-refractivity contribution in [1.29, 1.82) is 0 Å². The molecule has 0 fully saturated rings. The molecule has 0 unspecified atom stereocenters. The van der Waals surface area contributed by atoms with E-state index in [1.807, 2.05) is 20.8 Å². The predicted octanol–water partition coefficient (Wildman–Crippen LogP) is 3.77. The van der Waals surface area contributed by atoms with E-state index in [0.717, 1.165) is 5.56 Å². The first-order valence-electron chi connectivity index (χ1n) is 5.07. The first-order valence-corrected chi connectivity index (χ1v) is 5.44. The maximum atomic E-state index is 11.3. The quantitative estimate of drug-likeness (QED) is 0.610. The van der Waals surface area contributed by atoms with Crippen molar-refractivity contribution in [3.63, 3.8) is 0 Å². The van der Waals surface area contributed by atoms with Gasteiger partial charge in [-0.25, -0.2) is 0 Å². The summed E-state index contributed by atoms with van der Waals surface area (Å²) in [5.41, 5.74) is 0.837. The minimum Gasteiger partial charge on any atom is -0.494 e. The molecule has 0 bridgehead atoms. The van der Waals surface area contributed by atoms with E-state index in [0.29, 0.717) is 0 Å². The Morgan fingerprint density at radius 3 is 2.29 bits per heavy atom. The summed E-state index contributed by atoms with van der Waals surface area (Å²) >= 11 is 5.48. The molecule has 5 heteroatoms. The fourth-order valence-corrected chi connectivity index (χ4v) is 1.62. The van der Waals surface area contributed by atoms with Gasteiger partial charge in [-0.3, -0.25) is 4.79 Å². The van der Waals surface area contributed by atoms with Crippen LogP contribution in [0, 0.1) is 4.91 Å². The highest BCUT2D eigenvalue weighted by molar-refractivity contribution is 6.68. The van der Waals surface area contributed by atoms with Crippen LogP contribution in [-0.2, 0) is 5.41 Å². The maximum Gasteiger partial charge on any atom is 0.256 e. The lowest BCUT2D eigenvalue weighted by Gasteiger charge is -2.21. The summed E-state index contributed by atoms with van der Waals surface area (Å²) in [5.74, 6) is 0.119. The molecule has 0 spiro atoms. The standard InChI is InChI=1S/C12H14ClNO3/c1-12(2,3)7-5-8(11(13)15)10(17-4)9(6-7)14-16/h5-6H,1-4H3. The monoisotopic (exact) mass is 255 g/mol. The van der Waals surface area contributed by atoms with Crippen molar-refractivity contribution >= 4 is 22.5 Å². The molecule has 0 aromatic heterocycles. The molecular formula is C12H14ClNO3. The van der Waals surface area contributed by atoms with Crippen molar-refractivity contribution < 1.29 is 9.53 Å². The topological polar surface area (TPSA) is 55.7 Å². The number of rotatable bonds is 3. The molecule has 0 atom stereocenters. The molecule has 0 aliphatic rings. The van der Waals surface area contributed by atoms with E-state index in [2.05, 4.69) is 5.18 Å². The maximum absolute atomic E-state index is 11.3. The van der Waals surface area contributed by atoms with E-state index in [1.165, 1.54) is 7.11 Å². The lowest BCUT2D eigenvalue weighted by molar-refractivity contribution is 0.107. The van der Waals surface area contributed by atoms with E-state index in [4.69, 9.17) is 16.3 Å².